The van der Waals surface area contributed by atoms with Gasteiger partial charge in [0, 0.05) is 25.3 Å². The molecule has 0 bridgehead atoms. The summed E-state index contributed by atoms with van der Waals surface area (Å²) in [5, 5.41) is 3.41. The lowest BCUT2D eigenvalue weighted by Gasteiger charge is -2.41. The molecule has 1 aromatic heterocycles. The van der Waals surface area contributed by atoms with E-state index in [9.17, 15) is 0 Å². The monoisotopic (exact) mass is 189 g/mol. The third-order valence-electron chi connectivity index (χ3n) is 3.23. The van der Waals surface area contributed by atoms with Crippen molar-refractivity contribution in [3.63, 3.8) is 0 Å². The largest absolute Gasteiger partial charge is 0.366 e. The minimum absolute atomic E-state index is 0.695. The Bertz CT molecular complexity index is 337. The zero-order valence-corrected chi connectivity index (χ0v) is 8.24. The van der Waals surface area contributed by atoms with Gasteiger partial charge in [-0.3, -0.25) is 0 Å². The molecule has 0 saturated carbocycles. The van der Waals surface area contributed by atoms with Crippen LogP contribution in [-0.4, -0.2) is 24.1 Å². The van der Waals surface area contributed by atoms with Gasteiger partial charge in [0.2, 0.25) is 0 Å². The lowest BCUT2D eigenvalue weighted by molar-refractivity contribution is 0.465. The fourth-order valence-electron chi connectivity index (χ4n) is 2.51. The second-order valence-electron chi connectivity index (χ2n) is 4.10. The molecule has 1 unspecified atom stereocenters. The van der Waals surface area contributed by atoms with Crippen LogP contribution in [-0.2, 0) is 0 Å². The third-order valence-corrected chi connectivity index (χ3v) is 3.23. The number of hydrogen-bond donors (Lipinski definition) is 1. The van der Waals surface area contributed by atoms with Gasteiger partial charge >= 0.3 is 0 Å². The van der Waals surface area contributed by atoms with Crippen LogP contribution in [0.2, 0.25) is 0 Å². The molecule has 0 aromatic carbocycles. The van der Waals surface area contributed by atoms with E-state index >= 15 is 0 Å². The van der Waals surface area contributed by atoms with Crippen molar-refractivity contribution in [1.82, 2.24) is 4.98 Å². The van der Waals surface area contributed by atoms with E-state index in [1.54, 1.807) is 0 Å². The first-order valence-electron chi connectivity index (χ1n) is 5.41. The summed E-state index contributed by atoms with van der Waals surface area (Å²) in [4.78, 5) is 6.87. The molecule has 3 nitrogen and oxygen atoms in total. The number of hydrogen-bond acceptors (Lipinski definition) is 3. The van der Waals surface area contributed by atoms with Crippen molar-refractivity contribution in [2.45, 2.75) is 25.3 Å². The Morgan fingerprint density at radius 3 is 3.43 bits per heavy atom. The molecule has 2 aliphatic heterocycles. The fraction of sp³-hybridized carbons (Fsp3) is 0.545. The van der Waals surface area contributed by atoms with Gasteiger partial charge < -0.3 is 10.2 Å². The van der Waals surface area contributed by atoms with Gasteiger partial charge in [-0.15, -0.1) is 0 Å². The lowest BCUT2D eigenvalue weighted by Crippen LogP contribution is -2.47. The van der Waals surface area contributed by atoms with E-state index in [-0.39, 0.29) is 0 Å². The second kappa shape index (κ2) is 3.15. The van der Waals surface area contributed by atoms with Crippen molar-refractivity contribution in [2.75, 3.05) is 23.3 Å². The number of pyridine rings is 1. The molecule has 1 fully saturated rings. The first-order chi connectivity index (χ1) is 6.95. The van der Waals surface area contributed by atoms with Gasteiger partial charge in [-0.05, 0) is 31.4 Å². The summed E-state index contributed by atoms with van der Waals surface area (Å²) in [5.74, 6) is 1.06. The van der Waals surface area contributed by atoms with Gasteiger partial charge in [0.15, 0.2) is 0 Å². The molecule has 0 spiro atoms. The summed E-state index contributed by atoms with van der Waals surface area (Å²) >= 11 is 0. The molecule has 3 heteroatoms. The topological polar surface area (TPSA) is 28.2 Å². The molecular weight excluding hydrogens is 174 g/mol. The summed E-state index contributed by atoms with van der Waals surface area (Å²) in [5.41, 5.74) is 1.29. The number of piperidine rings is 1. The number of rotatable bonds is 0. The number of anilines is 2. The molecule has 74 valence electrons. The van der Waals surface area contributed by atoms with Gasteiger partial charge in [-0.25, -0.2) is 4.98 Å². The number of nitrogens with one attached hydrogen (secondary N) is 1. The number of fused-ring (bicyclic) bond motifs is 3. The highest BCUT2D eigenvalue weighted by Gasteiger charge is 2.28. The maximum absolute atomic E-state index is 4.36. The summed E-state index contributed by atoms with van der Waals surface area (Å²) in [6, 6.07) is 4.89. The minimum Gasteiger partial charge on any atom is -0.366 e. The molecule has 14 heavy (non-hydrogen) atoms. The van der Waals surface area contributed by atoms with Gasteiger partial charge in [0.05, 0.1) is 5.69 Å². The molecule has 1 N–H and O–H groups in total. The van der Waals surface area contributed by atoms with Crippen LogP contribution in [0.3, 0.4) is 0 Å². The van der Waals surface area contributed by atoms with Crippen molar-refractivity contribution in [3.05, 3.63) is 18.3 Å². The first-order valence-corrected chi connectivity index (χ1v) is 5.41. The van der Waals surface area contributed by atoms with E-state index in [4.69, 9.17) is 0 Å². The van der Waals surface area contributed by atoms with Crippen LogP contribution < -0.4 is 10.2 Å². The highest BCUT2D eigenvalue weighted by atomic mass is 15.2. The summed E-state index contributed by atoms with van der Waals surface area (Å²) < 4.78 is 0. The Kier molecular flexibility index (Phi) is 1.82. The summed E-state index contributed by atoms with van der Waals surface area (Å²) in [6.45, 7) is 2.26. The normalized spacial score (nSPS) is 24.9. The smallest absolute Gasteiger partial charge is 0.149 e. The van der Waals surface area contributed by atoms with Crippen LogP contribution in [0.5, 0.6) is 0 Å². The average molecular weight is 189 g/mol. The number of aromatic nitrogens is 1. The molecule has 1 aromatic rings. The second-order valence-corrected chi connectivity index (χ2v) is 4.10. The van der Waals surface area contributed by atoms with E-state index in [0.717, 1.165) is 12.4 Å². The predicted octanol–water partition coefficient (Wildman–Crippen LogP) is 1.87. The van der Waals surface area contributed by atoms with E-state index < -0.39 is 0 Å². The van der Waals surface area contributed by atoms with Gasteiger partial charge in [0.25, 0.3) is 0 Å². The van der Waals surface area contributed by atoms with E-state index in [0.29, 0.717) is 6.04 Å². The molecule has 1 atom stereocenters. The number of nitrogens with zero attached hydrogens (tertiary/aromatic N) is 2. The van der Waals surface area contributed by atoms with E-state index in [2.05, 4.69) is 21.3 Å². The summed E-state index contributed by atoms with van der Waals surface area (Å²) in [7, 11) is 0. The molecule has 0 aliphatic carbocycles. The standard InChI is InChI=1S/C11H15N3/c1-2-7-14-9(4-1)8-13-11-10(14)5-3-6-12-11/h3,5-6,9H,1-2,4,7-8H2,(H,12,13). The van der Waals surface area contributed by atoms with Crippen LogP contribution in [0.15, 0.2) is 18.3 Å². The van der Waals surface area contributed by atoms with E-state index in [1.165, 1.54) is 31.5 Å². The quantitative estimate of drug-likeness (QED) is 0.675. The molecule has 0 amide bonds. The van der Waals surface area contributed by atoms with Crippen LogP contribution in [0, 0.1) is 0 Å². The maximum Gasteiger partial charge on any atom is 0.149 e. The zero-order chi connectivity index (χ0) is 9.38. The molecule has 0 radical (unpaired) electrons. The third kappa shape index (κ3) is 1.15. The van der Waals surface area contributed by atoms with Gasteiger partial charge in [0.1, 0.15) is 5.82 Å². The average Bonchev–Trinajstić information content (AvgIpc) is 2.29. The molecule has 2 aliphatic rings. The first kappa shape index (κ1) is 8.09. The Balaban J connectivity index is 1.99. The Labute approximate surface area is 84.1 Å². The van der Waals surface area contributed by atoms with Crippen molar-refractivity contribution < 1.29 is 0 Å². The predicted molar refractivity (Wildman–Crippen MR) is 57.7 cm³/mol. The zero-order valence-electron chi connectivity index (χ0n) is 8.24. The Morgan fingerprint density at radius 2 is 2.43 bits per heavy atom. The van der Waals surface area contributed by atoms with Crippen LogP contribution in [0.1, 0.15) is 19.3 Å². The van der Waals surface area contributed by atoms with Crippen LogP contribution >= 0.6 is 0 Å². The van der Waals surface area contributed by atoms with Gasteiger partial charge in [-0.2, -0.15) is 0 Å². The van der Waals surface area contributed by atoms with Crippen molar-refractivity contribution >= 4 is 11.5 Å². The molecule has 1 saturated heterocycles. The Morgan fingerprint density at radius 1 is 1.43 bits per heavy atom. The van der Waals surface area contributed by atoms with Gasteiger partial charge in [-0.1, -0.05) is 0 Å². The highest BCUT2D eigenvalue weighted by molar-refractivity contribution is 5.68. The van der Waals surface area contributed by atoms with Crippen molar-refractivity contribution in [1.29, 1.82) is 0 Å². The molecule has 3 heterocycles. The summed E-state index contributed by atoms with van der Waals surface area (Å²) in [6.07, 6.45) is 5.88. The molecular formula is C11H15N3. The van der Waals surface area contributed by atoms with Crippen LogP contribution in [0.25, 0.3) is 0 Å². The minimum atomic E-state index is 0.695. The Hall–Kier alpha value is -1.25. The maximum atomic E-state index is 4.36. The van der Waals surface area contributed by atoms with Crippen molar-refractivity contribution in [3.8, 4) is 0 Å². The van der Waals surface area contributed by atoms with E-state index in [1.807, 2.05) is 12.3 Å². The highest BCUT2D eigenvalue weighted by Crippen LogP contribution is 2.33. The lowest BCUT2D eigenvalue weighted by atomic mass is 9.99. The fourth-order valence-corrected chi connectivity index (χ4v) is 2.51. The van der Waals surface area contributed by atoms with Crippen LogP contribution in [0.4, 0.5) is 11.5 Å². The van der Waals surface area contributed by atoms with Crippen molar-refractivity contribution in [2.24, 2.45) is 0 Å². The molecule has 3 rings (SSSR count). The SMILES string of the molecule is c1cnc2c(c1)N1CCCCC1CN2.